The Hall–Kier alpha value is -1.61. The third kappa shape index (κ3) is 3.71. The molecule has 27 heavy (non-hydrogen) atoms. The molecule has 144 valence electrons. The number of rotatable bonds is 4. The fourth-order valence-electron chi connectivity index (χ4n) is 3.03. The molecule has 1 aliphatic heterocycles. The molecule has 1 aromatic heterocycles. The first kappa shape index (κ1) is 18.7. The maximum Gasteiger partial charge on any atom is 0.276 e. The zero-order chi connectivity index (χ0) is 19.2. The maximum atomic E-state index is 12.8. The lowest BCUT2D eigenvalue weighted by Crippen LogP contribution is -2.50. The first-order valence-corrected chi connectivity index (χ1v) is 10.8. The molecule has 0 unspecified atom stereocenters. The zero-order valence-electron chi connectivity index (χ0n) is 14.3. The van der Waals surface area contributed by atoms with Gasteiger partial charge in [-0.2, -0.15) is 4.31 Å². The van der Waals surface area contributed by atoms with E-state index in [9.17, 15) is 13.2 Å². The first-order valence-electron chi connectivity index (χ1n) is 8.57. The second-order valence-electron chi connectivity index (χ2n) is 6.66. The number of benzene rings is 1. The number of piperazine rings is 1. The quantitative estimate of drug-likeness (QED) is 0.745. The normalized spacial score (nSPS) is 18.7. The minimum Gasteiger partial charge on any atom is -0.360 e. The van der Waals surface area contributed by atoms with Gasteiger partial charge < -0.3 is 9.42 Å². The van der Waals surface area contributed by atoms with Gasteiger partial charge in [0.2, 0.25) is 10.0 Å². The van der Waals surface area contributed by atoms with Crippen LogP contribution in [0.5, 0.6) is 0 Å². The van der Waals surface area contributed by atoms with Crippen molar-refractivity contribution in [2.75, 3.05) is 26.2 Å². The van der Waals surface area contributed by atoms with Gasteiger partial charge in [-0.15, -0.1) is 0 Å². The third-order valence-corrected chi connectivity index (χ3v) is 7.42. The van der Waals surface area contributed by atoms with Gasteiger partial charge in [-0.25, -0.2) is 8.42 Å². The lowest BCUT2D eigenvalue weighted by atomic mass is 10.2. The Morgan fingerprint density at radius 3 is 2.41 bits per heavy atom. The third-order valence-electron chi connectivity index (χ3n) is 4.78. The van der Waals surface area contributed by atoms with Crippen LogP contribution in [-0.4, -0.2) is 54.9 Å². The molecule has 0 N–H and O–H groups in total. The summed E-state index contributed by atoms with van der Waals surface area (Å²) in [5, 5.41) is 4.34. The van der Waals surface area contributed by atoms with Crippen molar-refractivity contribution in [2.45, 2.75) is 23.7 Å². The summed E-state index contributed by atoms with van der Waals surface area (Å²) < 4.78 is 32.1. The second-order valence-corrected chi connectivity index (χ2v) is 9.41. The fourth-order valence-corrected chi connectivity index (χ4v) is 4.84. The molecule has 2 aromatic rings. The molecule has 1 saturated carbocycles. The van der Waals surface area contributed by atoms with Crippen LogP contribution in [0.25, 0.3) is 0 Å². The SMILES string of the molecule is O=C(c1cc(C2CC2)on1)N1CCN(S(=O)(=O)c2ccc(Cl)c(Cl)c2)CC1. The summed E-state index contributed by atoms with van der Waals surface area (Å²) in [5.74, 6) is 0.892. The van der Waals surface area contributed by atoms with Crippen molar-refractivity contribution in [1.82, 2.24) is 14.4 Å². The van der Waals surface area contributed by atoms with E-state index in [-0.39, 0.29) is 47.7 Å². The Balaban J connectivity index is 1.43. The van der Waals surface area contributed by atoms with Crippen molar-refractivity contribution in [3.8, 4) is 0 Å². The van der Waals surface area contributed by atoms with Crippen LogP contribution in [0.2, 0.25) is 10.0 Å². The molecular formula is C17H17Cl2N3O4S. The Morgan fingerprint density at radius 1 is 1.07 bits per heavy atom. The highest BCUT2D eigenvalue weighted by molar-refractivity contribution is 7.89. The molecule has 1 saturated heterocycles. The maximum absolute atomic E-state index is 12.8. The number of nitrogens with zero attached hydrogens (tertiary/aromatic N) is 3. The number of sulfonamides is 1. The van der Waals surface area contributed by atoms with Gasteiger partial charge in [-0.1, -0.05) is 28.4 Å². The molecule has 2 aliphatic rings. The highest BCUT2D eigenvalue weighted by atomic mass is 35.5. The average molecular weight is 430 g/mol. The van der Waals surface area contributed by atoms with E-state index < -0.39 is 10.0 Å². The van der Waals surface area contributed by atoms with Crippen LogP contribution in [0.1, 0.15) is 35.0 Å². The number of carbonyl (C=O) groups is 1. The predicted octanol–water partition coefficient (Wildman–Crippen LogP) is 3.01. The predicted molar refractivity (Wildman–Crippen MR) is 99.6 cm³/mol. The van der Waals surface area contributed by atoms with E-state index in [4.69, 9.17) is 27.7 Å². The largest absolute Gasteiger partial charge is 0.360 e. The van der Waals surface area contributed by atoms with Crippen LogP contribution in [-0.2, 0) is 10.0 Å². The van der Waals surface area contributed by atoms with E-state index in [0.29, 0.717) is 10.9 Å². The number of amides is 1. The molecule has 7 nitrogen and oxygen atoms in total. The number of carbonyl (C=O) groups excluding carboxylic acids is 1. The number of hydrogen-bond acceptors (Lipinski definition) is 5. The van der Waals surface area contributed by atoms with Crippen LogP contribution < -0.4 is 0 Å². The van der Waals surface area contributed by atoms with Crippen molar-refractivity contribution in [2.24, 2.45) is 0 Å². The van der Waals surface area contributed by atoms with Crippen LogP contribution in [0, 0.1) is 0 Å². The molecule has 10 heteroatoms. The summed E-state index contributed by atoms with van der Waals surface area (Å²) in [6, 6.07) is 5.92. The lowest BCUT2D eigenvalue weighted by Gasteiger charge is -2.33. The van der Waals surface area contributed by atoms with E-state index in [1.807, 2.05) is 0 Å². The van der Waals surface area contributed by atoms with E-state index >= 15 is 0 Å². The van der Waals surface area contributed by atoms with E-state index in [1.54, 1.807) is 11.0 Å². The highest BCUT2D eigenvalue weighted by Gasteiger charge is 2.33. The summed E-state index contributed by atoms with van der Waals surface area (Å²) in [7, 11) is -3.70. The number of hydrogen-bond donors (Lipinski definition) is 0. The Labute approximate surface area is 166 Å². The van der Waals surface area contributed by atoms with Gasteiger partial charge in [0.05, 0.1) is 14.9 Å². The van der Waals surface area contributed by atoms with E-state index in [2.05, 4.69) is 5.16 Å². The van der Waals surface area contributed by atoms with Gasteiger partial charge in [-0.3, -0.25) is 4.79 Å². The molecule has 0 spiro atoms. The first-order chi connectivity index (χ1) is 12.9. The monoisotopic (exact) mass is 429 g/mol. The molecule has 1 aliphatic carbocycles. The standard InChI is InChI=1S/C17H17Cl2N3O4S/c18-13-4-3-12(9-14(13)19)27(24,25)22-7-5-21(6-8-22)17(23)15-10-16(26-20-15)11-1-2-11/h3-4,9-11H,1-2,5-8H2. The number of aromatic nitrogens is 1. The molecule has 2 fully saturated rings. The van der Waals surface area contributed by atoms with Gasteiger partial charge in [0.25, 0.3) is 5.91 Å². The molecule has 0 atom stereocenters. The van der Waals surface area contributed by atoms with Crippen molar-refractivity contribution in [3.05, 3.63) is 45.8 Å². The van der Waals surface area contributed by atoms with Gasteiger partial charge in [0, 0.05) is 38.2 Å². The Kier molecular flexibility index (Phi) is 4.92. The van der Waals surface area contributed by atoms with Gasteiger partial charge >= 0.3 is 0 Å². The Bertz CT molecular complexity index is 980. The topological polar surface area (TPSA) is 83.7 Å². The number of halogens is 2. The van der Waals surface area contributed by atoms with Crippen LogP contribution in [0.15, 0.2) is 33.7 Å². The molecule has 1 aromatic carbocycles. The summed E-state index contributed by atoms with van der Waals surface area (Å²) in [6.45, 7) is 0.958. The van der Waals surface area contributed by atoms with Crippen molar-refractivity contribution in [3.63, 3.8) is 0 Å². The molecular weight excluding hydrogens is 413 g/mol. The molecule has 0 bridgehead atoms. The fraction of sp³-hybridized carbons (Fsp3) is 0.412. The molecule has 1 amide bonds. The minimum absolute atomic E-state index is 0.0854. The van der Waals surface area contributed by atoms with Gasteiger partial charge in [0.1, 0.15) is 5.76 Å². The van der Waals surface area contributed by atoms with Crippen LogP contribution in [0.4, 0.5) is 0 Å². The molecule has 4 rings (SSSR count). The summed E-state index contributed by atoms with van der Waals surface area (Å²) in [4.78, 5) is 14.2. The zero-order valence-corrected chi connectivity index (χ0v) is 16.6. The molecule has 2 heterocycles. The summed E-state index contributed by atoms with van der Waals surface area (Å²) in [6.07, 6.45) is 2.13. The molecule has 0 radical (unpaired) electrons. The van der Waals surface area contributed by atoms with E-state index in [0.717, 1.165) is 18.6 Å². The minimum atomic E-state index is -3.70. The van der Waals surface area contributed by atoms with Gasteiger partial charge in [-0.05, 0) is 31.0 Å². The van der Waals surface area contributed by atoms with Gasteiger partial charge in [0.15, 0.2) is 5.69 Å². The smallest absolute Gasteiger partial charge is 0.276 e. The second kappa shape index (κ2) is 7.09. The lowest BCUT2D eigenvalue weighted by molar-refractivity contribution is 0.0687. The Morgan fingerprint density at radius 2 is 1.78 bits per heavy atom. The van der Waals surface area contributed by atoms with Crippen molar-refractivity contribution < 1.29 is 17.7 Å². The van der Waals surface area contributed by atoms with Crippen LogP contribution >= 0.6 is 23.2 Å². The average Bonchev–Trinajstić information content (AvgIpc) is 3.40. The highest BCUT2D eigenvalue weighted by Crippen LogP contribution is 2.40. The summed E-state index contributed by atoms with van der Waals surface area (Å²) in [5.41, 5.74) is 0.276. The van der Waals surface area contributed by atoms with E-state index in [1.165, 1.54) is 22.5 Å². The van der Waals surface area contributed by atoms with Crippen molar-refractivity contribution in [1.29, 1.82) is 0 Å². The van der Waals surface area contributed by atoms with Crippen molar-refractivity contribution >= 4 is 39.1 Å². The summed E-state index contributed by atoms with van der Waals surface area (Å²) >= 11 is 11.8. The van der Waals surface area contributed by atoms with Crippen LogP contribution in [0.3, 0.4) is 0 Å².